The van der Waals surface area contributed by atoms with Crippen LogP contribution in [-0.4, -0.2) is 65.6 Å². The van der Waals surface area contributed by atoms with Crippen molar-refractivity contribution in [2.45, 2.75) is 38.6 Å². The predicted octanol–water partition coefficient (Wildman–Crippen LogP) is 2.38. The molecule has 26 heavy (non-hydrogen) atoms. The molecule has 1 N–H and O–H groups in total. The number of aliphatic carboxylic acids is 1. The Morgan fingerprint density at radius 3 is 2.62 bits per heavy atom. The molecule has 0 spiro atoms. The Kier molecular flexibility index (Phi) is 7.84. The number of carbonyl (C=O) groups excluding carboxylic acids is 1. The van der Waals surface area contributed by atoms with Gasteiger partial charge in [-0.3, -0.25) is 14.5 Å². The van der Waals surface area contributed by atoms with E-state index in [0.29, 0.717) is 39.1 Å². The first-order chi connectivity index (χ1) is 12.5. The van der Waals surface area contributed by atoms with E-state index in [1.807, 2.05) is 16.7 Å². The van der Waals surface area contributed by atoms with Crippen LogP contribution >= 0.6 is 0 Å². The Morgan fingerprint density at radius 1 is 1.31 bits per heavy atom. The van der Waals surface area contributed by atoms with Crippen LogP contribution < -0.4 is 4.74 Å². The molecule has 1 amide bonds. The fourth-order valence-electron chi connectivity index (χ4n) is 3.28. The van der Waals surface area contributed by atoms with Crippen LogP contribution in [-0.2, 0) is 9.59 Å². The van der Waals surface area contributed by atoms with Crippen LogP contribution in [0.3, 0.4) is 0 Å². The average Bonchev–Trinajstić information content (AvgIpc) is 2.64. The van der Waals surface area contributed by atoms with Crippen molar-refractivity contribution in [2.75, 3.05) is 32.8 Å². The molecule has 1 aromatic rings. The number of nitrogens with zero attached hydrogens (tertiary/aromatic N) is 2. The normalized spacial score (nSPS) is 15.3. The van der Waals surface area contributed by atoms with Crippen molar-refractivity contribution in [3.05, 3.63) is 30.1 Å². The van der Waals surface area contributed by atoms with E-state index in [4.69, 9.17) is 9.84 Å². The lowest BCUT2D eigenvalue weighted by Crippen LogP contribution is -2.48. The molecular formula is C19H27FN2O4. The topological polar surface area (TPSA) is 70.1 Å². The van der Waals surface area contributed by atoms with E-state index in [0.717, 1.165) is 12.8 Å². The highest BCUT2D eigenvalue weighted by molar-refractivity contribution is 5.76. The second-order valence-corrected chi connectivity index (χ2v) is 6.45. The summed E-state index contributed by atoms with van der Waals surface area (Å²) in [7, 11) is 0. The van der Waals surface area contributed by atoms with E-state index in [2.05, 4.69) is 0 Å². The lowest BCUT2D eigenvalue weighted by atomic mass is 10.0. The molecule has 1 saturated heterocycles. The van der Waals surface area contributed by atoms with Crippen LogP contribution in [0, 0.1) is 5.82 Å². The molecule has 0 bridgehead atoms. The van der Waals surface area contributed by atoms with Gasteiger partial charge in [-0.15, -0.1) is 0 Å². The van der Waals surface area contributed by atoms with Crippen molar-refractivity contribution in [2.24, 2.45) is 0 Å². The standard InChI is InChI=1S/C19H27FN2O4/c1-2-21(14-19(24)25)15-9-11-22(12-10-15)18(23)8-5-13-26-17-7-4-3-6-16(17)20/h3-4,6-7,15H,2,5,8-14H2,1H3,(H,24,25). The second kappa shape index (κ2) is 10.1. The Hall–Kier alpha value is -2.15. The third kappa shape index (κ3) is 5.98. The molecular weight excluding hydrogens is 339 g/mol. The van der Waals surface area contributed by atoms with Gasteiger partial charge in [-0.25, -0.2) is 4.39 Å². The van der Waals surface area contributed by atoms with E-state index in [9.17, 15) is 14.0 Å². The summed E-state index contributed by atoms with van der Waals surface area (Å²) in [4.78, 5) is 27.0. The van der Waals surface area contributed by atoms with Gasteiger partial charge in [-0.05, 0) is 37.9 Å². The van der Waals surface area contributed by atoms with E-state index in [1.165, 1.54) is 6.07 Å². The van der Waals surface area contributed by atoms with Crippen LogP contribution in [0.15, 0.2) is 24.3 Å². The number of para-hydroxylation sites is 1. The van der Waals surface area contributed by atoms with Gasteiger partial charge in [0.15, 0.2) is 11.6 Å². The summed E-state index contributed by atoms with van der Waals surface area (Å²) in [6, 6.07) is 6.43. The second-order valence-electron chi connectivity index (χ2n) is 6.45. The molecule has 6 nitrogen and oxygen atoms in total. The first-order valence-electron chi connectivity index (χ1n) is 9.12. The Balaban J connectivity index is 1.68. The SMILES string of the molecule is CCN(CC(=O)O)C1CCN(C(=O)CCCOc2ccccc2F)CC1. The fraction of sp³-hybridized carbons (Fsp3) is 0.579. The Morgan fingerprint density at radius 2 is 2.00 bits per heavy atom. The van der Waals surface area contributed by atoms with Crippen LogP contribution in [0.1, 0.15) is 32.6 Å². The zero-order valence-electron chi connectivity index (χ0n) is 15.2. The van der Waals surface area contributed by atoms with Crippen LogP contribution in [0.2, 0.25) is 0 Å². The minimum Gasteiger partial charge on any atom is -0.491 e. The molecule has 0 unspecified atom stereocenters. The molecule has 144 valence electrons. The van der Waals surface area contributed by atoms with Crippen molar-refractivity contribution in [1.82, 2.24) is 9.80 Å². The van der Waals surface area contributed by atoms with Gasteiger partial charge < -0.3 is 14.7 Å². The van der Waals surface area contributed by atoms with Gasteiger partial charge in [-0.1, -0.05) is 19.1 Å². The summed E-state index contributed by atoms with van der Waals surface area (Å²) in [6.07, 6.45) is 2.48. The number of ether oxygens (including phenoxy) is 1. The number of piperidine rings is 1. The molecule has 0 atom stereocenters. The van der Waals surface area contributed by atoms with Crippen molar-refractivity contribution in [1.29, 1.82) is 0 Å². The summed E-state index contributed by atoms with van der Waals surface area (Å²) in [6.45, 7) is 4.28. The molecule has 7 heteroatoms. The summed E-state index contributed by atoms with van der Waals surface area (Å²) >= 11 is 0. The molecule has 1 aliphatic rings. The average molecular weight is 366 g/mol. The van der Waals surface area contributed by atoms with Crippen molar-refractivity contribution in [3.63, 3.8) is 0 Å². The van der Waals surface area contributed by atoms with Gasteiger partial charge in [0.25, 0.3) is 0 Å². The van der Waals surface area contributed by atoms with Gasteiger partial charge in [-0.2, -0.15) is 0 Å². The van der Waals surface area contributed by atoms with Crippen molar-refractivity contribution in [3.8, 4) is 5.75 Å². The molecule has 1 heterocycles. The minimum absolute atomic E-state index is 0.0441. The third-order valence-corrected chi connectivity index (χ3v) is 4.71. The zero-order chi connectivity index (χ0) is 18.9. The maximum Gasteiger partial charge on any atom is 0.317 e. The van der Waals surface area contributed by atoms with Gasteiger partial charge in [0.2, 0.25) is 5.91 Å². The molecule has 0 aromatic heterocycles. The quantitative estimate of drug-likeness (QED) is 0.680. The van der Waals surface area contributed by atoms with Crippen LogP contribution in [0.4, 0.5) is 4.39 Å². The van der Waals surface area contributed by atoms with E-state index in [1.54, 1.807) is 18.2 Å². The number of rotatable bonds is 9. The zero-order valence-corrected chi connectivity index (χ0v) is 15.2. The minimum atomic E-state index is -0.819. The summed E-state index contributed by atoms with van der Waals surface area (Å²) in [5.41, 5.74) is 0. The maximum atomic E-state index is 13.4. The predicted molar refractivity (Wildman–Crippen MR) is 95.6 cm³/mol. The number of likely N-dealkylation sites (N-methyl/N-ethyl adjacent to an activating group) is 1. The maximum absolute atomic E-state index is 13.4. The number of hydrogen-bond acceptors (Lipinski definition) is 4. The van der Waals surface area contributed by atoms with Crippen LogP contribution in [0.5, 0.6) is 5.75 Å². The fourth-order valence-corrected chi connectivity index (χ4v) is 3.28. The van der Waals surface area contributed by atoms with E-state index in [-0.39, 0.29) is 24.2 Å². The van der Waals surface area contributed by atoms with Gasteiger partial charge in [0.05, 0.1) is 13.2 Å². The van der Waals surface area contributed by atoms with Crippen LogP contribution in [0.25, 0.3) is 0 Å². The number of carbonyl (C=O) groups is 2. The Bertz CT molecular complexity index is 603. The van der Waals surface area contributed by atoms with E-state index >= 15 is 0 Å². The monoisotopic (exact) mass is 366 g/mol. The van der Waals surface area contributed by atoms with Crippen molar-refractivity contribution >= 4 is 11.9 Å². The highest BCUT2D eigenvalue weighted by atomic mass is 19.1. The molecule has 0 radical (unpaired) electrons. The molecule has 2 rings (SSSR count). The third-order valence-electron chi connectivity index (χ3n) is 4.71. The number of likely N-dealkylation sites (tertiary alicyclic amines) is 1. The number of halogens is 1. The summed E-state index contributed by atoms with van der Waals surface area (Å²) in [5.74, 6) is -0.941. The highest BCUT2D eigenvalue weighted by Crippen LogP contribution is 2.18. The van der Waals surface area contributed by atoms with Gasteiger partial charge in [0, 0.05) is 25.6 Å². The molecule has 1 fully saturated rings. The molecule has 0 aliphatic carbocycles. The molecule has 0 saturated carbocycles. The lowest BCUT2D eigenvalue weighted by Gasteiger charge is -2.37. The molecule has 1 aliphatic heterocycles. The number of benzene rings is 1. The lowest BCUT2D eigenvalue weighted by molar-refractivity contribution is -0.140. The highest BCUT2D eigenvalue weighted by Gasteiger charge is 2.26. The number of amides is 1. The number of hydrogen-bond donors (Lipinski definition) is 1. The van der Waals surface area contributed by atoms with Gasteiger partial charge in [0.1, 0.15) is 0 Å². The first kappa shape index (κ1) is 20.2. The molecule has 1 aromatic carbocycles. The van der Waals surface area contributed by atoms with E-state index < -0.39 is 11.8 Å². The van der Waals surface area contributed by atoms with Crippen molar-refractivity contribution < 1.29 is 23.8 Å². The number of carboxylic acids is 1. The van der Waals surface area contributed by atoms with Gasteiger partial charge >= 0.3 is 5.97 Å². The largest absolute Gasteiger partial charge is 0.491 e. The smallest absolute Gasteiger partial charge is 0.317 e. The Labute approximate surface area is 153 Å². The summed E-state index contributed by atoms with van der Waals surface area (Å²) in [5, 5.41) is 8.96. The summed E-state index contributed by atoms with van der Waals surface area (Å²) < 4.78 is 18.8. The number of carboxylic acid groups (broad SMARTS) is 1. The first-order valence-corrected chi connectivity index (χ1v) is 9.12.